The number of fused-ring (bicyclic) bond motifs is 1. The van der Waals surface area contributed by atoms with Crippen molar-refractivity contribution in [3.8, 4) is 0 Å². The fourth-order valence-corrected chi connectivity index (χ4v) is 2.49. The SMILES string of the molecule is O=Cc1cccc(C2(F)C(=O)C=Cc3ccccc32)c1. The van der Waals surface area contributed by atoms with Gasteiger partial charge >= 0.3 is 0 Å². The molecule has 0 N–H and O–H groups in total. The highest BCUT2D eigenvalue weighted by Gasteiger charge is 2.43. The zero-order valence-electron chi connectivity index (χ0n) is 10.5. The number of carbonyl (C=O) groups excluding carboxylic acids is 2. The summed E-state index contributed by atoms with van der Waals surface area (Å²) in [5.74, 6) is -0.626. The molecule has 2 nitrogen and oxygen atoms in total. The van der Waals surface area contributed by atoms with Crippen molar-refractivity contribution in [3.05, 3.63) is 76.9 Å². The Labute approximate surface area is 115 Å². The van der Waals surface area contributed by atoms with E-state index in [1.165, 1.54) is 18.2 Å². The number of ketones is 1. The first-order valence-corrected chi connectivity index (χ1v) is 6.23. The number of carbonyl (C=O) groups is 2. The molecule has 2 aromatic rings. The molecule has 0 bridgehead atoms. The van der Waals surface area contributed by atoms with Crippen molar-refractivity contribution in [1.82, 2.24) is 0 Å². The van der Waals surface area contributed by atoms with E-state index in [2.05, 4.69) is 0 Å². The number of alkyl halides is 1. The summed E-state index contributed by atoms with van der Waals surface area (Å²) < 4.78 is 15.5. The third-order valence-electron chi connectivity index (χ3n) is 3.51. The van der Waals surface area contributed by atoms with Crippen LogP contribution < -0.4 is 0 Å². The second kappa shape index (κ2) is 4.53. The molecule has 1 aliphatic carbocycles. The van der Waals surface area contributed by atoms with Crippen LogP contribution in [0.3, 0.4) is 0 Å². The molecule has 3 rings (SSSR count). The molecule has 0 spiro atoms. The molecule has 0 amide bonds. The van der Waals surface area contributed by atoms with Gasteiger partial charge in [0.1, 0.15) is 6.29 Å². The van der Waals surface area contributed by atoms with Crippen LogP contribution >= 0.6 is 0 Å². The first-order valence-electron chi connectivity index (χ1n) is 6.23. The summed E-state index contributed by atoms with van der Waals surface area (Å²) in [6, 6.07) is 13.0. The van der Waals surface area contributed by atoms with Crippen LogP contribution in [0.1, 0.15) is 27.0 Å². The Bertz CT molecular complexity index is 733. The molecule has 2 aromatic carbocycles. The number of allylic oxidation sites excluding steroid dienone is 1. The van der Waals surface area contributed by atoms with E-state index in [4.69, 9.17) is 0 Å². The molecular formula is C17H11FO2. The van der Waals surface area contributed by atoms with Crippen LogP contribution in [-0.2, 0) is 10.5 Å². The van der Waals surface area contributed by atoms with Crippen LogP contribution in [0, 0.1) is 0 Å². The molecule has 0 fully saturated rings. The van der Waals surface area contributed by atoms with Crippen LogP contribution in [0.5, 0.6) is 0 Å². The second-order valence-corrected chi connectivity index (χ2v) is 4.69. The Kier molecular flexibility index (Phi) is 2.83. The van der Waals surface area contributed by atoms with Crippen molar-refractivity contribution in [2.24, 2.45) is 0 Å². The number of rotatable bonds is 2. The molecule has 1 unspecified atom stereocenters. The van der Waals surface area contributed by atoms with Gasteiger partial charge in [-0.1, -0.05) is 48.5 Å². The molecule has 0 aliphatic heterocycles. The molecule has 1 aliphatic rings. The minimum absolute atomic E-state index is 0.184. The average molecular weight is 266 g/mol. The van der Waals surface area contributed by atoms with Crippen molar-refractivity contribution < 1.29 is 14.0 Å². The van der Waals surface area contributed by atoms with Crippen LogP contribution in [0.4, 0.5) is 4.39 Å². The maximum Gasteiger partial charge on any atom is 0.223 e. The summed E-state index contributed by atoms with van der Waals surface area (Å²) in [7, 11) is 0. The minimum atomic E-state index is -2.23. The van der Waals surface area contributed by atoms with Gasteiger partial charge in [-0.05, 0) is 17.7 Å². The lowest BCUT2D eigenvalue weighted by Gasteiger charge is -2.28. The van der Waals surface area contributed by atoms with Gasteiger partial charge in [0, 0.05) is 16.7 Å². The summed E-state index contributed by atoms with van der Waals surface area (Å²) >= 11 is 0. The molecule has 98 valence electrons. The van der Waals surface area contributed by atoms with Crippen LogP contribution in [0.25, 0.3) is 6.08 Å². The molecular weight excluding hydrogens is 255 g/mol. The van der Waals surface area contributed by atoms with Gasteiger partial charge in [-0.3, -0.25) is 9.59 Å². The van der Waals surface area contributed by atoms with Crippen LogP contribution in [0.2, 0.25) is 0 Å². The Balaban J connectivity index is 2.26. The lowest BCUT2D eigenvalue weighted by atomic mass is 9.78. The van der Waals surface area contributed by atoms with Gasteiger partial charge in [-0.15, -0.1) is 0 Å². The highest BCUT2D eigenvalue weighted by Crippen LogP contribution is 2.40. The van der Waals surface area contributed by atoms with Gasteiger partial charge in [0.15, 0.2) is 0 Å². The first-order chi connectivity index (χ1) is 9.66. The average Bonchev–Trinajstić information content (AvgIpc) is 2.51. The molecule has 0 heterocycles. The minimum Gasteiger partial charge on any atom is -0.298 e. The van der Waals surface area contributed by atoms with E-state index in [9.17, 15) is 9.59 Å². The number of hydrogen-bond acceptors (Lipinski definition) is 2. The maximum atomic E-state index is 15.5. The Morgan fingerprint density at radius 2 is 1.80 bits per heavy atom. The summed E-state index contributed by atoms with van der Waals surface area (Å²) in [4.78, 5) is 23.0. The molecule has 0 aromatic heterocycles. The predicted octanol–water partition coefficient (Wildman–Crippen LogP) is 3.31. The second-order valence-electron chi connectivity index (χ2n) is 4.69. The number of halogens is 1. The summed E-state index contributed by atoms with van der Waals surface area (Å²) in [6.07, 6.45) is 3.50. The van der Waals surface area contributed by atoms with E-state index in [0.717, 1.165) is 0 Å². The summed E-state index contributed by atoms with van der Waals surface area (Å²) in [5.41, 5.74) is -0.713. The normalized spacial score (nSPS) is 20.6. The maximum absolute atomic E-state index is 15.5. The Morgan fingerprint density at radius 1 is 1.00 bits per heavy atom. The number of hydrogen-bond donors (Lipinski definition) is 0. The third kappa shape index (κ3) is 1.71. The lowest BCUT2D eigenvalue weighted by molar-refractivity contribution is -0.123. The molecule has 0 radical (unpaired) electrons. The van der Waals surface area contributed by atoms with Crippen molar-refractivity contribution in [1.29, 1.82) is 0 Å². The van der Waals surface area contributed by atoms with E-state index in [-0.39, 0.29) is 5.56 Å². The van der Waals surface area contributed by atoms with Gasteiger partial charge in [-0.2, -0.15) is 0 Å². The zero-order valence-corrected chi connectivity index (χ0v) is 10.5. The number of aldehydes is 1. The molecule has 20 heavy (non-hydrogen) atoms. The highest BCUT2D eigenvalue weighted by molar-refractivity contribution is 6.06. The fraction of sp³-hybridized carbons (Fsp3) is 0.0588. The van der Waals surface area contributed by atoms with Gasteiger partial charge in [0.2, 0.25) is 11.5 Å². The van der Waals surface area contributed by atoms with Crippen molar-refractivity contribution in [3.63, 3.8) is 0 Å². The van der Waals surface area contributed by atoms with Crippen LogP contribution in [-0.4, -0.2) is 12.1 Å². The van der Waals surface area contributed by atoms with Gasteiger partial charge in [0.05, 0.1) is 0 Å². The van der Waals surface area contributed by atoms with Crippen molar-refractivity contribution in [2.45, 2.75) is 5.67 Å². The summed E-state index contributed by atoms with van der Waals surface area (Å²) in [5, 5.41) is 0. The topological polar surface area (TPSA) is 34.1 Å². The largest absolute Gasteiger partial charge is 0.298 e. The van der Waals surface area contributed by atoms with E-state index in [1.54, 1.807) is 42.5 Å². The van der Waals surface area contributed by atoms with E-state index in [0.29, 0.717) is 23.0 Å². The van der Waals surface area contributed by atoms with Crippen LogP contribution in [0.15, 0.2) is 54.6 Å². The lowest BCUT2D eigenvalue weighted by Crippen LogP contribution is -2.34. The van der Waals surface area contributed by atoms with Crippen molar-refractivity contribution >= 4 is 18.1 Å². The standard InChI is InChI=1S/C17H11FO2/c18-17(14-6-3-4-12(10-14)11-19)15-7-2-1-5-13(15)8-9-16(17)20/h1-11H. The monoisotopic (exact) mass is 266 g/mol. The molecule has 0 saturated heterocycles. The predicted molar refractivity (Wildman–Crippen MR) is 74.2 cm³/mol. The molecule has 1 atom stereocenters. The Hall–Kier alpha value is -2.55. The van der Waals surface area contributed by atoms with E-state index in [1.807, 2.05) is 0 Å². The smallest absolute Gasteiger partial charge is 0.223 e. The Morgan fingerprint density at radius 3 is 2.60 bits per heavy atom. The van der Waals surface area contributed by atoms with Gasteiger partial charge in [0.25, 0.3) is 0 Å². The number of benzene rings is 2. The van der Waals surface area contributed by atoms with Gasteiger partial charge < -0.3 is 0 Å². The fourth-order valence-electron chi connectivity index (χ4n) is 2.49. The summed E-state index contributed by atoms with van der Waals surface area (Å²) in [6.45, 7) is 0. The molecule has 0 saturated carbocycles. The van der Waals surface area contributed by atoms with E-state index >= 15 is 4.39 Å². The zero-order chi connectivity index (χ0) is 14.2. The molecule has 3 heteroatoms. The van der Waals surface area contributed by atoms with Gasteiger partial charge in [-0.25, -0.2) is 4.39 Å². The first kappa shape index (κ1) is 12.5. The van der Waals surface area contributed by atoms with Crippen molar-refractivity contribution in [2.75, 3.05) is 0 Å². The van der Waals surface area contributed by atoms with E-state index < -0.39 is 11.5 Å². The highest BCUT2D eigenvalue weighted by atomic mass is 19.1. The quantitative estimate of drug-likeness (QED) is 0.781. The third-order valence-corrected chi connectivity index (χ3v) is 3.51.